The minimum Gasteiger partial charge on any atom is -0.457 e. The third-order valence-electron chi connectivity index (χ3n) is 5.15. The number of para-hydroxylation sites is 1. The number of fused-ring (bicyclic) bond motifs is 1. The van der Waals surface area contributed by atoms with E-state index in [0.29, 0.717) is 17.2 Å². The van der Waals surface area contributed by atoms with Crippen LogP contribution in [0, 0.1) is 11.3 Å². The van der Waals surface area contributed by atoms with Crippen molar-refractivity contribution >= 4 is 11.4 Å². The fraction of sp³-hybridized carbons (Fsp3) is 0.208. The molecule has 1 N–H and O–H groups in total. The van der Waals surface area contributed by atoms with Crippen molar-refractivity contribution in [2.24, 2.45) is 0 Å². The molecule has 0 radical (unpaired) electrons. The maximum atomic E-state index is 9.20. The van der Waals surface area contributed by atoms with Crippen LogP contribution in [0.2, 0.25) is 0 Å². The maximum Gasteiger partial charge on any atom is 0.127 e. The fourth-order valence-corrected chi connectivity index (χ4v) is 3.75. The first-order valence-corrected chi connectivity index (χ1v) is 9.54. The Kier molecular flexibility index (Phi) is 5.27. The van der Waals surface area contributed by atoms with Gasteiger partial charge in [0.05, 0.1) is 11.6 Å². The summed E-state index contributed by atoms with van der Waals surface area (Å²) in [6.07, 6.45) is 1.81. The molecule has 4 nitrogen and oxygen atoms in total. The van der Waals surface area contributed by atoms with E-state index in [-0.39, 0.29) is 6.61 Å². The first-order valence-electron chi connectivity index (χ1n) is 9.54. The molecule has 4 rings (SSSR count). The van der Waals surface area contributed by atoms with Crippen LogP contribution < -0.4 is 9.64 Å². The molecule has 3 aromatic carbocycles. The highest BCUT2D eigenvalue weighted by molar-refractivity contribution is 5.71. The van der Waals surface area contributed by atoms with Crippen molar-refractivity contribution in [3.8, 4) is 17.6 Å². The van der Waals surface area contributed by atoms with Crippen molar-refractivity contribution in [1.82, 2.24) is 0 Å². The Morgan fingerprint density at radius 3 is 2.32 bits per heavy atom. The van der Waals surface area contributed by atoms with Gasteiger partial charge in [0.15, 0.2) is 0 Å². The molecule has 1 atom stereocenters. The molecule has 0 amide bonds. The molecular formula is C24H22N2O2. The van der Waals surface area contributed by atoms with Gasteiger partial charge in [-0.2, -0.15) is 5.26 Å². The summed E-state index contributed by atoms with van der Waals surface area (Å²) >= 11 is 0. The van der Waals surface area contributed by atoms with E-state index in [4.69, 9.17) is 10.00 Å². The third-order valence-corrected chi connectivity index (χ3v) is 5.15. The Balaban J connectivity index is 1.51. The normalized spacial score (nSPS) is 15.1. The standard InChI is InChI=1S/C24H22N2O2/c25-16-18-7-11-21(12-8-18)28-22-13-9-20(10-14-22)26-17-19(4-3-15-27)23-5-1-2-6-24(23)26/h1-2,5-14,19,27H,3-4,15,17H2. The lowest BCUT2D eigenvalue weighted by Gasteiger charge is -2.20. The smallest absolute Gasteiger partial charge is 0.127 e. The van der Waals surface area contributed by atoms with E-state index in [1.165, 1.54) is 11.3 Å². The van der Waals surface area contributed by atoms with Crippen LogP contribution in [0.4, 0.5) is 11.4 Å². The fourth-order valence-electron chi connectivity index (χ4n) is 3.75. The molecule has 0 spiro atoms. The van der Waals surface area contributed by atoms with Crippen LogP contribution in [-0.4, -0.2) is 18.3 Å². The highest BCUT2D eigenvalue weighted by atomic mass is 16.5. The zero-order valence-electron chi connectivity index (χ0n) is 15.6. The Morgan fingerprint density at radius 1 is 0.964 bits per heavy atom. The monoisotopic (exact) mass is 370 g/mol. The number of anilines is 2. The quantitative estimate of drug-likeness (QED) is 0.635. The van der Waals surface area contributed by atoms with Gasteiger partial charge in [-0.1, -0.05) is 18.2 Å². The molecule has 3 aromatic rings. The number of nitriles is 1. The van der Waals surface area contributed by atoms with Crippen LogP contribution in [0.15, 0.2) is 72.8 Å². The number of aliphatic hydroxyl groups is 1. The lowest BCUT2D eigenvalue weighted by Crippen LogP contribution is -2.15. The van der Waals surface area contributed by atoms with Crippen molar-refractivity contribution in [3.63, 3.8) is 0 Å². The minimum atomic E-state index is 0.236. The molecule has 0 aromatic heterocycles. The first-order chi connectivity index (χ1) is 13.8. The third kappa shape index (κ3) is 3.71. The maximum absolute atomic E-state index is 9.20. The van der Waals surface area contributed by atoms with E-state index >= 15 is 0 Å². The van der Waals surface area contributed by atoms with Crippen LogP contribution in [0.1, 0.15) is 29.9 Å². The predicted octanol–water partition coefficient (Wildman–Crippen LogP) is 5.36. The van der Waals surface area contributed by atoms with Gasteiger partial charge in [0.1, 0.15) is 11.5 Å². The van der Waals surface area contributed by atoms with Gasteiger partial charge in [-0.3, -0.25) is 0 Å². The van der Waals surface area contributed by atoms with Gasteiger partial charge in [-0.05, 0) is 73.0 Å². The zero-order valence-corrected chi connectivity index (χ0v) is 15.6. The summed E-state index contributed by atoms with van der Waals surface area (Å²) < 4.78 is 5.88. The molecule has 4 heteroatoms. The van der Waals surface area contributed by atoms with E-state index in [1.54, 1.807) is 24.3 Å². The number of nitrogens with zero attached hydrogens (tertiary/aromatic N) is 2. The molecule has 28 heavy (non-hydrogen) atoms. The van der Waals surface area contributed by atoms with Crippen LogP contribution in [-0.2, 0) is 0 Å². The second kappa shape index (κ2) is 8.16. The minimum absolute atomic E-state index is 0.236. The second-order valence-electron chi connectivity index (χ2n) is 6.96. The van der Waals surface area contributed by atoms with Crippen molar-refractivity contribution < 1.29 is 9.84 Å². The van der Waals surface area contributed by atoms with E-state index in [9.17, 15) is 5.11 Å². The Hall–Kier alpha value is -3.29. The molecule has 0 aliphatic carbocycles. The van der Waals surface area contributed by atoms with Crippen LogP contribution >= 0.6 is 0 Å². The van der Waals surface area contributed by atoms with Gasteiger partial charge >= 0.3 is 0 Å². The summed E-state index contributed by atoms with van der Waals surface area (Å²) in [6.45, 7) is 1.16. The number of benzene rings is 3. The van der Waals surface area contributed by atoms with Gasteiger partial charge < -0.3 is 14.7 Å². The van der Waals surface area contributed by atoms with E-state index in [2.05, 4.69) is 47.4 Å². The van der Waals surface area contributed by atoms with Gasteiger partial charge in [-0.15, -0.1) is 0 Å². The molecule has 0 bridgehead atoms. The summed E-state index contributed by atoms with van der Waals surface area (Å²) in [5, 5.41) is 18.1. The van der Waals surface area contributed by atoms with Crippen LogP contribution in [0.5, 0.6) is 11.5 Å². The Morgan fingerprint density at radius 2 is 1.64 bits per heavy atom. The summed E-state index contributed by atoms with van der Waals surface area (Å²) in [6, 6.07) is 25.8. The van der Waals surface area contributed by atoms with E-state index in [0.717, 1.165) is 30.8 Å². The lowest BCUT2D eigenvalue weighted by atomic mass is 9.97. The predicted molar refractivity (Wildman–Crippen MR) is 110 cm³/mol. The number of rotatable bonds is 6. The summed E-state index contributed by atoms with van der Waals surface area (Å²) in [7, 11) is 0. The molecule has 0 saturated carbocycles. The van der Waals surface area contributed by atoms with Crippen LogP contribution in [0.25, 0.3) is 0 Å². The molecule has 1 unspecified atom stereocenters. The molecule has 0 saturated heterocycles. The number of hydrogen-bond donors (Lipinski definition) is 1. The van der Waals surface area contributed by atoms with Gasteiger partial charge in [-0.25, -0.2) is 0 Å². The van der Waals surface area contributed by atoms with Crippen molar-refractivity contribution in [1.29, 1.82) is 5.26 Å². The zero-order chi connectivity index (χ0) is 19.3. The van der Waals surface area contributed by atoms with E-state index < -0.39 is 0 Å². The molecule has 1 aliphatic rings. The molecule has 0 fully saturated rings. The van der Waals surface area contributed by atoms with Crippen molar-refractivity contribution in [2.45, 2.75) is 18.8 Å². The average Bonchev–Trinajstić information content (AvgIpc) is 3.12. The van der Waals surface area contributed by atoms with Crippen molar-refractivity contribution in [2.75, 3.05) is 18.1 Å². The highest BCUT2D eigenvalue weighted by Gasteiger charge is 2.28. The van der Waals surface area contributed by atoms with Crippen molar-refractivity contribution in [3.05, 3.63) is 83.9 Å². The lowest BCUT2D eigenvalue weighted by molar-refractivity contribution is 0.280. The van der Waals surface area contributed by atoms with Gasteiger partial charge in [0.25, 0.3) is 0 Å². The van der Waals surface area contributed by atoms with Gasteiger partial charge in [0, 0.05) is 30.4 Å². The topological polar surface area (TPSA) is 56.5 Å². The van der Waals surface area contributed by atoms with E-state index in [1.807, 2.05) is 12.1 Å². The largest absolute Gasteiger partial charge is 0.457 e. The van der Waals surface area contributed by atoms with Gasteiger partial charge in [0.2, 0.25) is 0 Å². The Bertz CT molecular complexity index is 975. The average molecular weight is 370 g/mol. The number of hydrogen-bond acceptors (Lipinski definition) is 4. The SMILES string of the molecule is N#Cc1ccc(Oc2ccc(N3CC(CCCO)c4ccccc43)cc2)cc1. The first kappa shape index (κ1) is 18.1. The second-order valence-corrected chi connectivity index (χ2v) is 6.96. The number of aliphatic hydroxyl groups excluding tert-OH is 1. The Labute approximate surface area is 165 Å². The number of ether oxygens (including phenoxy) is 1. The molecule has 140 valence electrons. The summed E-state index contributed by atoms with van der Waals surface area (Å²) in [4.78, 5) is 2.34. The molecule has 1 heterocycles. The molecule has 1 aliphatic heterocycles. The molecular weight excluding hydrogens is 348 g/mol. The summed E-state index contributed by atoms with van der Waals surface area (Å²) in [5.41, 5.74) is 4.34. The highest BCUT2D eigenvalue weighted by Crippen LogP contribution is 2.42. The summed E-state index contributed by atoms with van der Waals surface area (Å²) in [5.74, 6) is 1.91. The van der Waals surface area contributed by atoms with Crippen LogP contribution in [0.3, 0.4) is 0 Å².